The van der Waals surface area contributed by atoms with Crippen molar-refractivity contribution in [1.82, 2.24) is 0 Å². The molecule has 3 heteroatoms. The van der Waals surface area contributed by atoms with Gasteiger partial charge in [-0.05, 0) is 54.4 Å². The summed E-state index contributed by atoms with van der Waals surface area (Å²) in [5.41, 5.74) is 3.71. The molecule has 0 N–H and O–H groups in total. The Balaban J connectivity index is 2.68. The lowest BCUT2D eigenvalue weighted by Gasteiger charge is -2.23. The van der Waals surface area contributed by atoms with E-state index in [1.807, 2.05) is 6.07 Å². The van der Waals surface area contributed by atoms with Gasteiger partial charge in [-0.25, -0.2) is 8.42 Å². The predicted molar refractivity (Wildman–Crippen MR) is 70.3 cm³/mol. The minimum atomic E-state index is -3.09. The van der Waals surface area contributed by atoms with Crippen molar-refractivity contribution >= 4 is 9.84 Å². The summed E-state index contributed by atoms with van der Waals surface area (Å²) < 4.78 is 23.6. The fourth-order valence-corrected chi connectivity index (χ4v) is 3.74. The van der Waals surface area contributed by atoms with E-state index in [0.29, 0.717) is 10.8 Å². The number of fused-ring (bicyclic) bond motifs is 1. The van der Waals surface area contributed by atoms with Gasteiger partial charge in [-0.1, -0.05) is 19.9 Å². The van der Waals surface area contributed by atoms with Gasteiger partial charge in [0.2, 0.25) is 0 Å². The quantitative estimate of drug-likeness (QED) is 0.810. The Morgan fingerprint density at radius 3 is 2.18 bits per heavy atom. The Bertz CT molecular complexity index is 527. The predicted octanol–water partition coefficient (Wildman–Crippen LogP) is 3.09. The van der Waals surface area contributed by atoms with E-state index in [0.717, 1.165) is 24.8 Å². The number of hydrogen-bond acceptors (Lipinski definition) is 2. The SMILES string of the molecule is CC(C)c1ccc(S(C)(=O)=O)c2c1CCCC2. The molecule has 0 spiro atoms. The van der Waals surface area contributed by atoms with Crippen molar-refractivity contribution in [2.24, 2.45) is 0 Å². The molecule has 1 aliphatic carbocycles. The Kier molecular flexibility index (Phi) is 3.30. The standard InChI is InChI=1S/C14H20O2S/c1-10(2)11-8-9-14(17(3,15)16)13-7-5-4-6-12(11)13/h8-10H,4-7H2,1-3H3. The number of sulfone groups is 1. The summed E-state index contributed by atoms with van der Waals surface area (Å²) in [5, 5.41) is 0. The fraction of sp³-hybridized carbons (Fsp3) is 0.571. The van der Waals surface area contributed by atoms with Crippen LogP contribution in [0.5, 0.6) is 0 Å². The zero-order valence-electron chi connectivity index (χ0n) is 10.8. The number of hydrogen-bond donors (Lipinski definition) is 0. The van der Waals surface area contributed by atoms with E-state index in [-0.39, 0.29) is 0 Å². The van der Waals surface area contributed by atoms with Gasteiger partial charge in [0.15, 0.2) is 9.84 Å². The molecule has 0 radical (unpaired) electrons. The lowest BCUT2D eigenvalue weighted by Crippen LogP contribution is -2.13. The highest BCUT2D eigenvalue weighted by atomic mass is 32.2. The van der Waals surface area contributed by atoms with Gasteiger partial charge in [0.05, 0.1) is 4.90 Å². The molecule has 0 atom stereocenters. The highest BCUT2D eigenvalue weighted by Crippen LogP contribution is 2.33. The third-order valence-corrected chi connectivity index (χ3v) is 4.73. The van der Waals surface area contributed by atoms with Crippen molar-refractivity contribution in [2.45, 2.75) is 50.3 Å². The Labute approximate surface area is 104 Å². The molecule has 0 aliphatic heterocycles. The summed E-state index contributed by atoms with van der Waals surface area (Å²) in [4.78, 5) is 0.552. The molecular formula is C14H20O2S. The van der Waals surface area contributed by atoms with E-state index in [2.05, 4.69) is 13.8 Å². The van der Waals surface area contributed by atoms with E-state index in [1.165, 1.54) is 23.8 Å². The molecular weight excluding hydrogens is 232 g/mol. The minimum absolute atomic E-state index is 0.468. The molecule has 94 valence electrons. The summed E-state index contributed by atoms with van der Waals surface area (Å²) in [6, 6.07) is 3.81. The third kappa shape index (κ3) is 2.39. The van der Waals surface area contributed by atoms with E-state index < -0.39 is 9.84 Å². The smallest absolute Gasteiger partial charge is 0.175 e. The van der Waals surface area contributed by atoms with Gasteiger partial charge in [-0.2, -0.15) is 0 Å². The van der Waals surface area contributed by atoms with Crippen molar-refractivity contribution in [2.75, 3.05) is 6.26 Å². The molecule has 0 unspecified atom stereocenters. The zero-order chi connectivity index (χ0) is 12.6. The van der Waals surface area contributed by atoms with Crippen LogP contribution in [-0.2, 0) is 22.7 Å². The Morgan fingerprint density at radius 2 is 1.65 bits per heavy atom. The maximum Gasteiger partial charge on any atom is 0.175 e. The van der Waals surface area contributed by atoms with Gasteiger partial charge in [-0.15, -0.1) is 0 Å². The van der Waals surface area contributed by atoms with Gasteiger partial charge in [-0.3, -0.25) is 0 Å². The molecule has 0 saturated carbocycles. The van der Waals surface area contributed by atoms with Crippen molar-refractivity contribution in [3.05, 3.63) is 28.8 Å². The van der Waals surface area contributed by atoms with Crippen LogP contribution in [-0.4, -0.2) is 14.7 Å². The first kappa shape index (κ1) is 12.6. The van der Waals surface area contributed by atoms with Gasteiger partial charge in [0.25, 0.3) is 0 Å². The third-order valence-electron chi connectivity index (χ3n) is 3.55. The normalized spacial score (nSPS) is 16.0. The fourth-order valence-electron chi connectivity index (χ4n) is 2.75. The summed E-state index contributed by atoms with van der Waals surface area (Å²) >= 11 is 0. The number of rotatable bonds is 2. The first-order chi connectivity index (χ1) is 7.91. The van der Waals surface area contributed by atoms with Crippen molar-refractivity contribution < 1.29 is 8.42 Å². The summed E-state index contributed by atoms with van der Waals surface area (Å²) in [6.45, 7) is 4.34. The highest BCUT2D eigenvalue weighted by Gasteiger charge is 2.22. The second-order valence-electron chi connectivity index (χ2n) is 5.24. The van der Waals surface area contributed by atoms with Crippen LogP contribution in [0.4, 0.5) is 0 Å². The molecule has 2 nitrogen and oxygen atoms in total. The van der Waals surface area contributed by atoms with Crippen LogP contribution in [0.1, 0.15) is 49.3 Å². The van der Waals surface area contributed by atoms with Crippen LogP contribution < -0.4 is 0 Å². The van der Waals surface area contributed by atoms with Crippen LogP contribution in [0.3, 0.4) is 0 Å². The molecule has 0 saturated heterocycles. The maximum absolute atomic E-state index is 11.8. The maximum atomic E-state index is 11.8. The summed E-state index contributed by atoms with van der Waals surface area (Å²) in [7, 11) is -3.09. The van der Waals surface area contributed by atoms with Crippen LogP contribution in [0.2, 0.25) is 0 Å². The molecule has 0 amide bonds. The number of benzene rings is 1. The lowest BCUT2D eigenvalue weighted by atomic mass is 9.85. The molecule has 0 fully saturated rings. The molecule has 2 rings (SSSR count). The average molecular weight is 252 g/mol. The van der Waals surface area contributed by atoms with Crippen molar-refractivity contribution in [1.29, 1.82) is 0 Å². The average Bonchev–Trinajstić information content (AvgIpc) is 2.26. The Morgan fingerprint density at radius 1 is 1.06 bits per heavy atom. The van der Waals surface area contributed by atoms with E-state index >= 15 is 0 Å². The molecule has 0 heterocycles. The topological polar surface area (TPSA) is 34.1 Å². The summed E-state index contributed by atoms with van der Waals surface area (Å²) in [5.74, 6) is 0.468. The largest absolute Gasteiger partial charge is 0.224 e. The van der Waals surface area contributed by atoms with Gasteiger partial charge >= 0.3 is 0 Å². The van der Waals surface area contributed by atoms with Crippen molar-refractivity contribution in [3.8, 4) is 0 Å². The first-order valence-electron chi connectivity index (χ1n) is 6.26. The molecule has 1 aliphatic rings. The van der Waals surface area contributed by atoms with Gasteiger partial charge in [0.1, 0.15) is 0 Å². The second-order valence-corrected chi connectivity index (χ2v) is 7.23. The van der Waals surface area contributed by atoms with Gasteiger partial charge < -0.3 is 0 Å². The molecule has 1 aromatic carbocycles. The van der Waals surface area contributed by atoms with Crippen LogP contribution in [0, 0.1) is 0 Å². The van der Waals surface area contributed by atoms with E-state index in [1.54, 1.807) is 6.07 Å². The molecule has 0 bridgehead atoms. The molecule has 17 heavy (non-hydrogen) atoms. The zero-order valence-corrected chi connectivity index (χ0v) is 11.6. The highest BCUT2D eigenvalue weighted by molar-refractivity contribution is 7.90. The first-order valence-corrected chi connectivity index (χ1v) is 8.15. The van der Waals surface area contributed by atoms with Crippen molar-refractivity contribution in [3.63, 3.8) is 0 Å². The Hall–Kier alpha value is -0.830. The minimum Gasteiger partial charge on any atom is -0.224 e. The molecule has 0 aromatic heterocycles. The molecule has 1 aromatic rings. The lowest BCUT2D eigenvalue weighted by molar-refractivity contribution is 0.596. The van der Waals surface area contributed by atoms with Crippen LogP contribution in [0.25, 0.3) is 0 Å². The van der Waals surface area contributed by atoms with Gasteiger partial charge in [0, 0.05) is 6.26 Å². The summed E-state index contributed by atoms with van der Waals surface area (Å²) in [6.07, 6.45) is 5.55. The monoisotopic (exact) mass is 252 g/mol. The second kappa shape index (κ2) is 4.45. The van der Waals surface area contributed by atoms with Crippen LogP contribution in [0.15, 0.2) is 17.0 Å². The van der Waals surface area contributed by atoms with E-state index in [9.17, 15) is 8.42 Å². The van der Waals surface area contributed by atoms with E-state index in [4.69, 9.17) is 0 Å². The van der Waals surface area contributed by atoms with Crippen LogP contribution >= 0.6 is 0 Å².